The van der Waals surface area contributed by atoms with E-state index < -0.39 is 0 Å². The fourth-order valence-electron chi connectivity index (χ4n) is 1.10. The van der Waals surface area contributed by atoms with Gasteiger partial charge in [0.1, 0.15) is 0 Å². The van der Waals surface area contributed by atoms with Gasteiger partial charge in [0.2, 0.25) is 0 Å². The van der Waals surface area contributed by atoms with Gasteiger partial charge >= 0.3 is 0 Å². The highest BCUT2D eigenvalue weighted by atomic mass is 32.1. The monoisotopic (exact) mass is 212 g/mol. The topological polar surface area (TPSA) is 25.2 Å². The summed E-state index contributed by atoms with van der Waals surface area (Å²) >= 11 is 1.72. The summed E-state index contributed by atoms with van der Waals surface area (Å²) in [6.45, 7) is 8.25. The zero-order chi connectivity index (χ0) is 11.0. The van der Waals surface area contributed by atoms with Gasteiger partial charge in [-0.1, -0.05) is 20.8 Å². The van der Waals surface area contributed by atoms with Gasteiger partial charge in [0, 0.05) is 30.3 Å². The standard InChI is InChI=1S/C9H14N2S.C2H6/c1-7(6-8(2)10-3)9-11-4-5-12-9;1-2/h4-5,7H,6H2,1-3H3;1-2H3. The fraction of sp³-hybridized carbons (Fsp3) is 0.636. The summed E-state index contributed by atoms with van der Waals surface area (Å²) < 4.78 is 0. The Morgan fingerprint density at radius 3 is 2.64 bits per heavy atom. The van der Waals surface area contributed by atoms with E-state index in [0.717, 1.165) is 6.42 Å². The highest BCUT2D eigenvalue weighted by Gasteiger charge is 2.08. The summed E-state index contributed by atoms with van der Waals surface area (Å²) in [5.41, 5.74) is 1.19. The first kappa shape index (κ1) is 13.3. The SMILES string of the molecule is CC.CN=C(C)CC(C)c1nccs1. The molecule has 3 heteroatoms. The molecule has 0 bridgehead atoms. The molecule has 0 aliphatic rings. The van der Waals surface area contributed by atoms with Gasteiger partial charge in [-0.25, -0.2) is 4.98 Å². The fourth-order valence-corrected chi connectivity index (χ4v) is 1.80. The molecule has 1 aromatic rings. The minimum absolute atomic E-state index is 0.508. The summed E-state index contributed by atoms with van der Waals surface area (Å²) in [5, 5.41) is 3.22. The van der Waals surface area contributed by atoms with Crippen LogP contribution in [0.4, 0.5) is 0 Å². The molecule has 0 aromatic carbocycles. The minimum Gasteiger partial charge on any atom is -0.298 e. The van der Waals surface area contributed by atoms with Crippen LogP contribution in [0.3, 0.4) is 0 Å². The Hall–Kier alpha value is -0.700. The van der Waals surface area contributed by atoms with Crippen LogP contribution in [-0.4, -0.2) is 17.7 Å². The van der Waals surface area contributed by atoms with Crippen molar-refractivity contribution < 1.29 is 0 Å². The maximum atomic E-state index is 4.27. The second kappa shape index (κ2) is 7.68. The third-order valence-electron chi connectivity index (χ3n) is 1.86. The molecule has 1 aromatic heterocycles. The molecule has 0 saturated heterocycles. The molecule has 0 N–H and O–H groups in total. The molecule has 1 unspecified atom stereocenters. The van der Waals surface area contributed by atoms with Crippen molar-refractivity contribution in [2.24, 2.45) is 4.99 Å². The zero-order valence-corrected chi connectivity index (χ0v) is 10.6. The molecule has 80 valence electrons. The predicted octanol–water partition coefficient (Wildman–Crippen LogP) is 3.75. The number of aliphatic imine (C=N–C) groups is 1. The number of hydrogen-bond donors (Lipinski definition) is 0. The first-order chi connectivity index (χ1) is 6.74. The lowest BCUT2D eigenvalue weighted by atomic mass is 10.1. The summed E-state index contributed by atoms with van der Waals surface area (Å²) in [4.78, 5) is 8.40. The molecule has 2 nitrogen and oxygen atoms in total. The van der Waals surface area contributed by atoms with Gasteiger partial charge in [-0.2, -0.15) is 0 Å². The molecular formula is C11H20N2S. The van der Waals surface area contributed by atoms with Gasteiger partial charge in [0.25, 0.3) is 0 Å². The summed E-state index contributed by atoms with van der Waals surface area (Å²) in [6, 6.07) is 0. The lowest BCUT2D eigenvalue weighted by Crippen LogP contribution is -2.00. The van der Waals surface area contributed by atoms with Crippen LogP contribution in [0.1, 0.15) is 45.0 Å². The number of rotatable bonds is 3. The van der Waals surface area contributed by atoms with Crippen LogP contribution in [0.15, 0.2) is 16.6 Å². The minimum atomic E-state index is 0.508. The van der Waals surface area contributed by atoms with Crippen LogP contribution in [0, 0.1) is 0 Å². The summed E-state index contributed by atoms with van der Waals surface area (Å²) in [7, 11) is 1.84. The first-order valence-corrected chi connectivity index (χ1v) is 5.93. The van der Waals surface area contributed by atoms with Crippen molar-refractivity contribution in [1.82, 2.24) is 4.98 Å². The Labute approximate surface area is 91.1 Å². The molecule has 0 aliphatic carbocycles. The van der Waals surface area contributed by atoms with Gasteiger partial charge in [-0.05, 0) is 13.3 Å². The number of nitrogens with zero attached hydrogens (tertiary/aromatic N) is 2. The van der Waals surface area contributed by atoms with Gasteiger partial charge in [0.05, 0.1) is 5.01 Å². The number of thiazole rings is 1. The maximum Gasteiger partial charge on any atom is 0.0956 e. The molecule has 1 heterocycles. The molecule has 0 aliphatic heterocycles. The third kappa shape index (κ3) is 4.51. The summed E-state index contributed by atoms with van der Waals surface area (Å²) in [6.07, 6.45) is 2.87. The molecule has 14 heavy (non-hydrogen) atoms. The zero-order valence-electron chi connectivity index (χ0n) is 9.74. The van der Waals surface area contributed by atoms with Gasteiger partial charge in [-0.3, -0.25) is 4.99 Å². The van der Waals surface area contributed by atoms with Crippen molar-refractivity contribution in [3.63, 3.8) is 0 Å². The van der Waals surface area contributed by atoms with Crippen molar-refractivity contribution in [1.29, 1.82) is 0 Å². The van der Waals surface area contributed by atoms with E-state index >= 15 is 0 Å². The molecule has 1 atom stereocenters. The van der Waals surface area contributed by atoms with Gasteiger partial charge in [-0.15, -0.1) is 11.3 Å². The van der Waals surface area contributed by atoms with Crippen molar-refractivity contribution in [2.45, 2.75) is 40.0 Å². The Bertz CT molecular complexity index is 252. The molecule has 0 spiro atoms. The molecule has 0 fully saturated rings. The van der Waals surface area contributed by atoms with E-state index in [4.69, 9.17) is 0 Å². The van der Waals surface area contributed by atoms with Crippen LogP contribution in [0.2, 0.25) is 0 Å². The molecule has 1 rings (SSSR count). The van der Waals surface area contributed by atoms with Crippen LogP contribution < -0.4 is 0 Å². The van der Waals surface area contributed by atoms with E-state index in [0.29, 0.717) is 5.92 Å². The molecule has 0 saturated carbocycles. The highest BCUT2D eigenvalue weighted by Crippen LogP contribution is 2.21. The van der Waals surface area contributed by atoms with Gasteiger partial charge < -0.3 is 0 Å². The Kier molecular flexibility index (Phi) is 7.30. The van der Waals surface area contributed by atoms with Crippen molar-refractivity contribution in [3.8, 4) is 0 Å². The molecule has 0 radical (unpaired) electrons. The maximum absolute atomic E-state index is 4.27. The van der Waals surface area contributed by atoms with Crippen LogP contribution in [0.5, 0.6) is 0 Å². The Balaban J connectivity index is 0.000000791. The van der Waals surface area contributed by atoms with E-state index in [1.807, 2.05) is 32.5 Å². The smallest absolute Gasteiger partial charge is 0.0956 e. The van der Waals surface area contributed by atoms with E-state index in [9.17, 15) is 0 Å². The van der Waals surface area contributed by atoms with E-state index in [1.165, 1.54) is 10.7 Å². The second-order valence-corrected chi connectivity index (χ2v) is 3.86. The van der Waals surface area contributed by atoms with Gasteiger partial charge in [0.15, 0.2) is 0 Å². The van der Waals surface area contributed by atoms with Crippen molar-refractivity contribution >= 4 is 17.0 Å². The number of hydrogen-bond acceptors (Lipinski definition) is 3. The number of aromatic nitrogens is 1. The normalized spacial score (nSPS) is 13.1. The van der Waals surface area contributed by atoms with E-state index in [1.54, 1.807) is 11.3 Å². The second-order valence-electron chi connectivity index (χ2n) is 2.93. The average Bonchev–Trinajstić information content (AvgIpc) is 2.73. The lowest BCUT2D eigenvalue weighted by Gasteiger charge is -2.06. The van der Waals surface area contributed by atoms with Crippen molar-refractivity contribution in [2.75, 3.05) is 7.05 Å². The third-order valence-corrected chi connectivity index (χ3v) is 2.86. The summed E-state index contributed by atoms with van der Waals surface area (Å²) in [5.74, 6) is 0.508. The first-order valence-electron chi connectivity index (χ1n) is 5.05. The average molecular weight is 212 g/mol. The highest BCUT2D eigenvalue weighted by molar-refractivity contribution is 7.09. The molecular weight excluding hydrogens is 192 g/mol. The van der Waals surface area contributed by atoms with E-state index in [2.05, 4.69) is 23.8 Å². The quantitative estimate of drug-likeness (QED) is 0.700. The Morgan fingerprint density at radius 2 is 2.21 bits per heavy atom. The van der Waals surface area contributed by atoms with Crippen LogP contribution in [-0.2, 0) is 0 Å². The molecule has 0 amide bonds. The lowest BCUT2D eigenvalue weighted by molar-refractivity contribution is 0.791. The van der Waals surface area contributed by atoms with Crippen molar-refractivity contribution in [3.05, 3.63) is 16.6 Å². The Morgan fingerprint density at radius 1 is 1.57 bits per heavy atom. The van der Waals surface area contributed by atoms with Crippen LogP contribution >= 0.6 is 11.3 Å². The van der Waals surface area contributed by atoms with Crippen LogP contribution in [0.25, 0.3) is 0 Å². The largest absolute Gasteiger partial charge is 0.298 e. The predicted molar refractivity (Wildman–Crippen MR) is 65.5 cm³/mol. The van der Waals surface area contributed by atoms with E-state index in [-0.39, 0.29) is 0 Å².